The van der Waals surface area contributed by atoms with Crippen molar-refractivity contribution in [3.8, 4) is 11.8 Å². The Balaban J connectivity index is 1.91. The highest BCUT2D eigenvalue weighted by Gasteiger charge is 2.32. The molecule has 6 heteroatoms. The van der Waals surface area contributed by atoms with Crippen LogP contribution in [0.5, 0.6) is 5.75 Å². The van der Waals surface area contributed by atoms with Crippen molar-refractivity contribution in [1.82, 2.24) is 0 Å². The van der Waals surface area contributed by atoms with Crippen molar-refractivity contribution < 1.29 is 9.53 Å². The smallest absolute Gasteiger partial charge is 0.260 e. The van der Waals surface area contributed by atoms with Crippen molar-refractivity contribution in [3.63, 3.8) is 0 Å². The highest BCUT2D eigenvalue weighted by Crippen LogP contribution is 2.44. The largest absolute Gasteiger partial charge is 0.496 e. The van der Waals surface area contributed by atoms with Gasteiger partial charge in [0.15, 0.2) is 0 Å². The SMILES string of the molecule is COc1ccc(Cl)cc1C(=O)Nc1sc2c(c1C#N)CC[C@H](C(C)(C)C)C2. The number of fused-ring (bicyclic) bond motifs is 1. The number of carbonyl (C=O) groups is 1. The molecule has 0 fully saturated rings. The Labute approximate surface area is 169 Å². The number of halogens is 1. The van der Waals surface area contributed by atoms with Crippen molar-refractivity contribution in [2.24, 2.45) is 11.3 Å². The quantitative estimate of drug-likeness (QED) is 0.717. The van der Waals surface area contributed by atoms with Gasteiger partial charge in [0.25, 0.3) is 5.91 Å². The fourth-order valence-electron chi connectivity index (χ4n) is 3.56. The van der Waals surface area contributed by atoms with Crippen molar-refractivity contribution in [3.05, 3.63) is 44.8 Å². The molecule has 1 heterocycles. The summed E-state index contributed by atoms with van der Waals surface area (Å²) in [5.74, 6) is 0.702. The number of thiophene rings is 1. The van der Waals surface area contributed by atoms with Gasteiger partial charge in [-0.3, -0.25) is 4.79 Å². The zero-order valence-electron chi connectivity index (χ0n) is 16.0. The van der Waals surface area contributed by atoms with Crippen LogP contribution < -0.4 is 10.1 Å². The van der Waals surface area contributed by atoms with E-state index in [2.05, 4.69) is 32.2 Å². The third-order valence-electron chi connectivity index (χ3n) is 5.24. The number of ether oxygens (including phenoxy) is 1. The second-order valence-electron chi connectivity index (χ2n) is 7.92. The summed E-state index contributed by atoms with van der Waals surface area (Å²) < 4.78 is 5.27. The van der Waals surface area contributed by atoms with Gasteiger partial charge in [-0.25, -0.2) is 0 Å². The molecule has 0 saturated heterocycles. The van der Waals surface area contributed by atoms with E-state index in [0.717, 1.165) is 24.8 Å². The third kappa shape index (κ3) is 3.97. The number of anilines is 1. The van der Waals surface area contributed by atoms with E-state index in [1.165, 1.54) is 23.3 Å². The molecule has 1 N–H and O–H groups in total. The Morgan fingerprint density at radius 2 is 2.15 bits per heavy atom. The summed E-state index contributed by atoms with van der Waals surface area (Å²) in [5.41, 5.74) is 2.27. The van der Waals surface area contributed by atoms with Crippen LogP contribution in [0.3, 0.4) is 0 Å². The summed E-state index contributed by atoms with van der Waals surface area (Å²) in [4.78, 5) is 14.0. The lowest BCUT2D eigenvalue weighted by atomic mass is 9.72. The van der Waals surface area contributed by atoms with E-state index in [9.17, 15) is 10.1 Å². The standard InChI is InChI=1S/C21H23ClN2O2S/c1-21(2,3)12-5-7-14-16(11-23)20(27-18(14)9-12)24-19(25)15-10-13(22)6-8-17(15)26-4/h6,8,10,12H,5,7,9H2,1-4H3,(H,24,25)/t12-/m0/s1. The number of hydrogen-bond acceptors (Lipinski definition) is 4. The molecule has 1 atom stereocenters. The molecule has 4 nitrogen and oxygen atoms in total. The fourth-order valence-corrected chi connectivity index (χ4v) is 5.00. The molecule has 0 aliphatic heterocycles. The molecule has 1 aromatic carbocycles. The van der Waals surface area contributed by atoms with Crippen LogP contribution in [0.2, 0.25) is 5.02 Å². The van der Waals surface area contributed by atoms with Crippen molar-refractivity contribution in [2.75, 3.05) is 12.4 Å². The van der Waals surface area contributed by atoms with Crippen molar-refractivity contribution >= 4 is 33.8 Å². The van der Waals surface area contributed by atoms with Crippen molar-refractivity contribution in [2.45, 2.75) is 40.0 Å². The first-order valence-electron chi connectivity index (χ1n) is 8.94. The second kappa shape index (κ2) is 7.53. The molecule has 0 saturated carbocycles. The number of hydrogen-bond donors (Lipinski definition) is 1. The molecule has 0 bridgehead atoms. The van der Waals surface area contributed by atoms with Crippen molar-refractivity contribution in [1.29, 1.82) is 5.26 Å². The number of nitrogens with zero attached hydrogens (tertiary/aromatic N) is 1. The van der Waals surface area contributed by atoms with Gasteiger partial charge >= 0.3 is 0 Å². The van der Waals surface area contributed by atoms with Crippen LogP contribution in [-0.2, 0) is 12.8 Å². The summed E-state index contributed by atoms with van der Waals surface area (Å²) in [6, 6.07) is 7.20. The predicted octanol–water partition coefficient (Wildman–Crippen LogP) is 5.69. The van der Waals surface area contributed by atoms with E-state index in [-0.39, 0.29) is 11.3 Å². The maximum absolute atomic E-state index is 12.8. The lowest BCUT2D eigenvalue weighted by Gasteiger charge is -2.33. The van der Waals surface area contributed by atoms with E-state index < -0.39 is 0 Å². The van der Waals surface area contributed by atoms with Crippen LogP contribution in [0.25, 0.3) is 0 Å². The molecular weight excluding hydrogens is 380 g/mol. The van der Waals surface area contributed by atoms with E-state index in [1.54, 1.807) is 18.2 Å². The molecule has 0 radical (unpaired) electrons. The highest BCUT2D eigenvalue weighted by atomic mass is 35.5. The summed E-state index contributed by atoms with van der Waals surface area (Å²) in [6.07, 6.45) is 2.90. The lowest BCUT2D eigenvalue weighted by Crippen LogP contribution is -2.26. The maximum Gasteiger partial charge on any atom is 0.260 e. The van der Waals surface area contributed by atoms with E-state index >= 15 is 0 Å². The van der Waals surface area contributed by atoms with Crippen LogP contribution in [0.4, 0.5) is 5.00 Å². The zero-order valence-corrected chi connectivity index (χ0v) is 17.6. The number of methoxy groups -OCH3 is 1. The molecule has 2 aromatic rings. The molecule has 0 unspecified atom stereocenters. The minimum atomic E-state index is -0.322. The van der Waals surface area contributed by atoms with Gasteiger partial charge in [0.05, 0.1) is 18.2 Å². The number of benzene rings is 1. The van der Waals surface area contributed by atoms with Crippen LogP contribution in [0, 0.1) is 22.7 Å². The molecule has 27 heavy (non-hydrogen) atoms. The average molecular weight is 403 g/mol. The van der Waals surface area contributed by atoms with Crippen LogP contribution in [0.15, 0.2) is 18.2 Å². The van der Waals surface area contributed by atoms with Crippen LogP contribution in [-0.4, -0.2) is 13.0 Å². The average Bonchev–Trinajstić information content (AvgIpc) is 2.96. The number of amides is 1. The molecule has 142 valence electrons. The summed E-state index contributed by atoms with van der Waals surface area (Å²) in [6.45, 7) is 6.78. The second-order valence-corrected chi connectivity index (χ2v) is 9.47. The number of nitrogens with one attached hydrogen (secondary N) is 1. The van der Waals surface area contributed by atoms with E-state index in [4.69, 9.17) is 16.3 Å². The minimum Gasteiger partial charge on any atom is -0.496 e. The number of nitriles is 1. The van der Waals surface area contributed by atoms with Crippen LogP contribution >= 0.6 is 22.9 Å². The Kier molecular flexibility index (Phi) is 5.50. The van der Waals surface area contributed by atoms with Gasteiger partial charge in [-0.05, 0) is 54.4 Å². The molecule has 1 amide bonds. The molecule has 3 rings (SSSR count). The zero-order chi connectivity index (χ0) is 19.8. The monoisotopic (exact) mass is 402 g/mol. The first kappa shape index (κ1) is 19.7. The van der Waals surface area contributed by atoms with Gasteiger partial charge in [-0.15, -0.1) is 11.3 Å². The van der Waals surface area contributed by atoms with Gasteiger partial charge in [-0.1, -0.05) is 32.4 Å². The Morgan fingerprint density at radius 1 is 1.41 bits per heavy atom. The Bertz CT molecular complexity index is 921. The van der Waals surface area contributed by atoms with Gasteiger partial charge in [0.1, 0.15) is 16.8 Å². The Morgan fingerprint density at radius 3 is 2.78 bits per heavy atom. The normalized spacial score (nSPS) is 16.4. The summed E-state index contributed by atoms with van der Waals surface area (Å²) in [7, 11) is 1.51. The van der Waals surface area contributed by atoms with E-state index in [0.29, 0.717) is 32.8 Å². The van der Waals surface area contributed by atoms with Gasteiger partial charge in [0, 0.05) is 9.90 Å². The maximum atomic E-state index is 12.8. The van der Waals surface area contributed by atoms with Gasteiger partial charge in [-0.2, -0.15) is 5.26 Å². The summed E-state index contributed by atoms with van der Waals surface area (Å²) in [5, 5.41) is 13.7. The molecular formula is C21H23ClN2O2S. The van der Waals surface area contributed by atoms with Crippen LogP contribution in [0.1, 0.15) is 53.6 Å². The minimum absolute atomic E-state index is 0.228. The topological polar surface area (TPSA) is 62.1 Å². The number of rotatable bonds is 3. The highest BCUT2D eigenvalue weighted by molar-refractivity contribution is 7.16. The molecule has 1 aromatic heterocycles. The third-order valence-corrected chi connectivity index (χ3v) is 6.64. The molecule has 1 aliphatic rings. The first-order valence-corrected chi connectivity index (χ1v) is 10.1. The lowest BCUT2D eigenvalue weighted by molar-refractivity contribution is 0.102. The molecule has 0 spiro atoms. The number of carbonyl (C=O) groups excluding carboxylic acids is 1. The van der Waals surface area contributed by atoms with Gasteiger partial charge in [0.2, 0.25) is 0 Å². The van der Waals surface area contributed by atoms with E-state index in [1.807, 2.05) is 0 Å². The van der Waals surface area contributed by atoms with Gasteiger partial charge < -0.3 is 10.1 Å². The predicted molar refractivity (Wildman–Crippen MR) is 110 cm³/mol. The fraction of sp³-hybridized carbons (Fsp3) is 0.429. The first-order chi connectivity index (χ1) is 12.7. The summed E-state index contributed by atoms with van der Waals surface area (Å²) >= 11 is 7.55. The Hall–Kier alpha value is -2.03. The molecule has 1 aliphatic carbocycles.